The molecular weight excluding hydrogens is 1650 g/mol. The van der Waals surface area contributed by atoms with Crippen LogP contribution >= 0.6 is 0 Å². The van der Waals surface area contributed by atoms with Gasteiger partial charge in [0.25, 0.3) is 0 Å². The standard InChI is InChI=1S/2C11H20O2Si.2C10H18O2Si.C10H14O2Si.C9H12O2Si.C9H16OSi.C8H16OSi.C7H12OSi.C6H14O2Si/c14-11-3-7-1-8(11)2-9(7)4-12-5-10-6-13-10;14-11-3-7-1-8(10(11)2-7)4-12-5-9-6-13-9;13-10-3-6-1-7(10)2-9(6)12-5-8-4-11-8;13-10-3-6-1-8(10)9(2-6)12-5-7-4-11-7;13-7-8-1-3-9(4-2-8)11-5-10-6-12-10;12-9-3-1-7(2-4-9)10-5-8-6-11-8;11-2-1-5-3-6-4-7(5)9-8(6)10-9;10-4-3-6-1-2-7-8(5-6)9-7;9-5-2-3-1-4(5)7-6(3)8-7;9-3-1-2-7-4-6-5-8-6/h2*7-11H,1-6H2,14H3;2*6-10H,1-5H2,13H3;1-4,10H,5-7H2,13H3;1-4,8H,5-6H2,12H3;5-9H,1-4H2,11H3;6-8H,1-5H2,10H3;3-7H,1-2H2,9H3;6H,1-5H2,9H3. The summed E-state index contributed by atoms with van der Waals surface area (Å²) in [5, 5.41) is 1.39. The van der Waals surface area contributed by atoms with Gasteiger partial charge in [-0.05, 0) is 245 Å². The number of rotatable bonds is 30. The molecule has 36 unspecified atom stereocenters. The highest BCUT2D eigenvalue weighted by molar-refractivity contribution is 6.32. The van der Waals surface area contributed by atoms with Gasteiger partial charge in [-0.1, -0.05) is 102 Å². The first-order chi connectivity index (χ1) is 57.6. The Morgan fingerprint density at radius 2 is 0.822 bits per heavy atom. The second-order valence-electron chi connectivity index (χ2n) is 41.9. The van der Waals surface area contributed by atoms with Gasteiger partial charge in [-0.3, -0.25) is 0 Å². The molecule has 0 amide bonds. The molecule has 12 bridgehead atoms. The first-order valence-electron chi connectivity index (χ1n) is 49.3. The van der Waals surface area contributed by atoms with E-state index in [-0.39, 0.29) is 0 Å². The molecule has 0 radical (unpaired) electrons. The Hall–Kier alpha value is -0.391. The molecule has 2 aromatic carbocycles. The van der Waals surface area contributed by atoms with Crippen LogP contribution in [-0.2, 0) is 77.1 Å². The fraction of sp³-hybridized carbons (Fsp3) is 0.868. The van der Waals surface area contributed by atoms with Crippen molar-refractivity contribution >= 4 is 108 Å². The SMILES string of the molecule is [SiH3]C1CC2CC(COCC3CO3)C1C2.[SiH3]C1CC2CC(OCC3CO3)C1C2.[SiH3]C1CC2CC1C1OC21.[SiH3]C1CC2CC1CC2COCC1CO1.[SiH3]C1CC2CC1CC2OCC1CO1.[SiH3]CCC1CC2CC1C1OC21.[SiH3]CCC1CCC2OC2C1.[SiH3]CCCOCC1CO1.[SiH3]Cc1ccc(OCC2CO2)cc1.[SiH3]c1ccc(OCC2CO2)cc1. The molecule has 27 heteroatoms. The van der Waals surface area contributed by atoms with Crippen LogP contribution in [-0.4, -0.2) is 306 Å². The summed E-state index contributed by atoms with van der Waals surface area (Å²) < 4.78 is 91.8. The second-order valence-corrected chi connectivity index (χ2v) is 54.1. The van der Waals surface area contributed by atoms with Crippen molar-refractivity contribution in [1.29, 1.82) is 0 Å². The lowest BCUT2D eigenvalue weighted by Gasteiger charge is -2.26. The molecule has 10 saturated heterocycles. The molecule has 23 aliphatic rings. The van der Waals surface area contributed by atoms with E-state index in [0.717, 1.165) is 268 Å². The molecule has 0 aromatic heterocycles. The van der Waals surface area contributed by atoms with Crippen molar-refractivity contribution in [3.63, 3.8) is 0 Å². The summed E-state index contributed by atoms with van der Waals surface area (Å²) in [4.78, 5) is 0. The van der Waals surface area contributed by atoms with E-state index in [2.05, 4.69) is 24.3 Å². The van der Waals surface area contributed by atoms with Crippen LogP contribution in [0, 0.1) is 94.7 Å². The number of ether oxygens (including phenoxy) is 17. The molecule has 25 rings (SSSR count). The molecule has 10 aliphatic heterocycles. The summed E-state index contributed by atoms with van der Waals surface area (Å²) in [6.07, 6.45) is 40.6. The van der Waals surface area contributed by atoms with Gasteiger partial charge in [0.2, 0.25) is 0 Å². The molecule has 13 saturated carbocycles. The van der Waals surface area contributed by atoms with Crippen molar-refractivity contribution in [3.05, 3.63) is 54.1 Å². The number of fused-ring (bicyclic) bond motifs is 19. The lowest BCUT2D eigenvalue weighted by atomic mass is 9.87. The van der Waals surface area contributed by atoms with E-state index >= 15 is 0 Å². The smallest absolute Gasteiger partial charge is 0.119 e. The van der Waals surface area contributed by atoms with E-state index in [1.54, 1.807) is 6.42 Å². The number of epoxide rings is 10. The van der Waals surface area contributed by atoms with Crippen molar-refractivity contribution in [2.45, 2.75) is 285 Å². The minimum Gasteiger partial charge on any atom is -0.491 e. The summed E-state index contributed by atoms with van der Waals surface area (Å²) in [6.45, 7) is 15.0. The molecule has 23 fully saturated rings. The third-order valence-electron chi connectivity index (χ3n) is 32.3. The quantitative estimate of drug-likeness (QED) is 0.0630. The van der Waals surface area contributed by atoms with E-state index in [0.29, 0.717) is 80.4 Å². The Labute approximate surface area is 740 Å². The molecule has 36 atom stereocenters. The van der Waals surface area contributed by atoms with Crippen LogP contribution in [0.3, 0.4) is 0 Å². The summed E-state index contributed by atoms with van der Waals surface area (Å²) in [5.74, 6) is 17.9. The number of hydrogen-bond donors (Lipinski definition) is 0. The van der Waals surface area contributed by atoms with Gasteiger partial charge in [0.15, 0.2) is 0 Å². The zero-order valence-electron chi connectivity index (χ0n) is 74.7. The van der Waals surface area contributed by atoms with E-state index < -0.39 is 0 Å². The zero-order valence-corrected chi connectivity index (χ0v) is 94.7. The maximum Gasteiger partial charge on any atom is 0.119 e. The molecule has 13 aliphatic carbocycles. The van der Waals surface area contributed by atoms with Crippen LogP contribution in [0.1, 0.15) is 147 Å². The predicted molar refractivity (Wildman–Crippen MR) is 503 cm³/mol. The van der Waals surface area contributed by atoms with E-state index in [1.807, 2.05) is 24.3 Å². The first kappa shape index (κ1) is 90.9. The summed E-state index contributed by atoms with van der Waals surface area (Å²) in [6, 6.07) is 22.2. The molecule has 0 spiro atoms. The lowest BCUT2D eigenvalue weighted by Crippen LogP contribution is -2.26. The topological polar surface area (TPSA) is 190 Å². The Morgan fingerprint density at radius 1 is 0.331 bits per heavy atom. The van der Waals surface area contributed by atoms with Crippen molar-refractivity contribution < 1.29 is 80.5 Å². The Balaban J connectivity index is 0.0000000983. The molecule has 2 aromatic rings. The third-order valence-corrected chi connectivity index (χ3v) is 42.4. The van der Waals surface area contributed by atoms with Gasteiger partial charge in [-0.2, -0.15) is 0 Å². The van der Waals surface area contributed by atoms with Crippen LogP contribution in [0.4, 0.5) is 0 Å². The average molecular weight is 1810 g/mol. The van der Waals surface area contributed by atoms with Gasteiger partial charge in [0.1, 0.15) is 67.4 Å². The van der Waals surface area contributed by atoms with Gasteiger partial charge in [-0.25, -0.2) is 0 Å². The van der Waals surface area contributed by atoms with Crippen molar-refractivity contribution in [3.8, 4) is 11.5 Å². The third kappa shape index (κ3) is 27.8. The van der Waals surface area contributed by atoms with Gasteiger partial charge in [0.05, 0.1) is 128 Å². The highest BCUT2D eigenvalue weighted by atomic mass is 28.2. The highest BCUT2D eigenvalue weighted by Gasteiger charge is 2.63. The van der Waals surface area contributed by atoms with Crippen LogP contribution < -0.4 is 14.7 Å². The van der Waals surface area contributed by atoms with Crippen LogP contribution in [0.5, 0.6) is 11.5 Å². The summed E-state index contributed by atoms with van der Waals surface area (Å²) in [5.41, 5.74) is 6.88. The average Bonchev–Trinajstić information content (AvgIpc) is 1.56. The van der Waals surface area contributed by atoms with Crippen LogP contribution in [0.25, 0.3) is 0 Å². The minimum absolute atomic E-state index is 0.346. The normalized spacial score (nSPS) is 44.3. The number of benzene rings is 2. The Kier molecular flexibility index (Phi) is 34.1. The molecule has 118 heavy (non-hydrogen) atoms. The van der Waals surface area contributed by atoms with Crippen molar-refractivity contribution in [1.82, 2.24) is 0 Å². The fourth-order valence-electron chi connectivity index (χ4n) is 24.6. The molecule has 10 heterocycles. The van der Waals surface area contributed by atoms with Crippen molar-refractivity contribution in [2.24, 2.45) is 94.7 Å². The van der Waals surface area contributed by atoms with Crippen LogP contribution in [0.2, 0.25) is 45.8 Å². The maximum absolute atomic E-state index is 5.93. The van der Waals surface area contributed by atoms with E-state index in [1.165, 1.54) is 262 Å². The zero-order chi connectivity index (χ0) is 81.2. The predicted octanol–water partition coefficient (Wildman–Crippen LogP) is 2.53. The second kappa shape index (κ2) is 44.3. The molecule has 666 valence electrons. The summed E-state index contributed by atoms with van der Waals surface area (Å²) >= 11 is 0. The van der Waals surface area contributed by atoms with Gasteiger partial charge in [0, 0.05) is 122 Å². The molecule has 17 nitrogen and oxygen atoms in total. The Morgan fingerprint density at radius 3 is 1.30 bits per heavy atom. The maximum atomic E-state index is 5.93. The minimum atomic E-state index is 0.346. The van der Waals surface area contributed by atoms with Gasteiger partial charge < -0.3 is 80.5 Å². The van der Waals surface area contributed by atoms with Crippen LogP contribution in [0.15, 0.2) is 48.5 Å². The summed E-state index contributed by atoms with van der Waals surface area (Å²) in [7, 11) is 13.4. The molecule has 0 N–H and O–H groups in total. The van der Waals surface area contributed by atoms with E-state index in [9.17, 15) is 0 Å². The number of hydrogen-bond acceptors (Lipinski definition) is 17. The monoisotopic (exact) mass is 1800 g/mol. The molecular formula is C91H160O17Si10. The van der Waals surface area contributed by atoms with Gasteiger partial charge in [-0.15, -0.1) is 0 Å². The van der Waals surface area contributed by atoms with Gasteiger partial charge >= 0.3 is 0 Å². The first-order valence-corrected chi connectivity index (χ1v) is 61.7. The van der Waals surface area contributed by atoms with Crippen molar-refractivity contribution in [2.75, 3.05) is 112 Å². The fourth-order valence-corrected chi connectivity index (χ4v) is 33.7. The van der Waals surface area contributed by atoms with E-state index in [4.69, 9.17) is 80.5 Å². The Bertz CT molecular complexity index is 3280. The lowest BCUT2D eigenvalue weighted by molar-refractivity contribution is 0.00884. The highest BCUT2D eigenvalue weighted by Crippen LogP contribution is 2.62. The largest absolute Gasteiger partial charge is 0.491 e.